The lowest BCUT2D eigenvalue weighted by Crippen LogP contribution is -2.45. The van der Waals surface area contributed by atoms with Crippen LogP contribution in [0.1, 0.15) is 5.56 Å². The van der Waals surface area contributed by atoms with Crippen molar-refractivity contribution >= 4 is 5.96 Å². The van der Waals surface area contributed by atoms with Crippen LogP contribution in [0.5, 0.6) is 17.4 Å². The molecule has 1 atom stereocenters. The van der Waals surface area contributed by atoms with Gasteiger partial charge >= 0.3 is 0 Å². The predicted molar refractivity (Wildman–Crippen MR) is 95.3 cm³/mol. The van der Waals surface area contributed by atoms with Crippen LogP contribution in [0.3, 0.4) is 0 Å². The van der Waals surface area contributed by atoms with E-state index < -0.39 is 0 Å². The molecule has 2 N–H and O–H groups in total. The number of rotatable bonds is 5. The number of pyridine rings is 1. The molecule has 0 amide bonds. The van der Waals surface area contributed by atoms with E-state index in [1.165, 1.54) is 0 Å². The quantitative estimate of drug-likeness (QED) is 0.635. The zero-order valence-electron chi connectivity index (χ0n) is 14.4. The third-order valence-corrected chi connectivity index (χ3v) is 3.76. The van der Waals surface area contributed by atoms with Crippen LogP contribution in [-0.2, 0) is 6.54 Å². The van der Waals surface area contributed by atoms with E-state index in [4.69, 9.17) is 14.2 Å². The summed E-state index contributed by atoms with van der Waals surface area (Å²) >= 11 is 0. The molecular formula is C18H22N4O3. The van der Waals surface area contributed by atoms with Gasteiger partial charge in [-0.05, 0) is 23.8 Å². The standard InChI is InChI=1S/C18H22N4O3/c1-19-18(21-10-13-7-8-20-17(9-13)23-2)22-11-14-12-24-15-5-3-4-6-16(15)25-14/h3-9,14H,10-12H2,1-2H3,(H2,19,21,22). The maximum Gasteiger partial charge on any atom is 0.213 e. The zero-order valence-corrected chi connectivity index (χ0v) is 14.4. The number of fused-ring (bicyclic) bond motifs is 1. The number of benzene rings is 1. The smallest absolute Gasteiger partial charge is 0.213 e. The molecule has 3 rings (SSSR count). The normalized spacial score (nSPS) is 16.2. The molecule has 0 saturated carbocycles. The Morgan fingerprint density at radius 1 is 1.28 bits per heavy atom. The first-order valence-corrected chi connectivity index (χ1v) is 8.10. The maximum absolute atomic E-state index is 5.92. The largest absolute Gasteiger partial charge is 0.486 e. The molecule has 1 aromatic heterocycles. The minimum absolute atomic E-state index is 0.0746. The van der Waals surface area contributed by atoms with Gasteiger partial charge in [-0.3, -0.25) is 4.99 Å². The summed E-state index contributed by atoms with van der Waals surface area (Å²) in [5.74, 6) is 2.84. The van der Waals surface area contributed by atoms with Crippen molar-refractivity contribution in [3.8, 4) is 17.4 Å². The van der Waals surface area contributed by atoms with Gasteiger partial charge in [-0.25, -0.2) is 4.98 Å². The van der Waals surface area contributed by atoms with Crippen LogP contribution in [0.2, 0.25) is 0 Å². The van der Waals surface area contributed by atoms with Crippen molar-refractivity contribution in [2.45, 2.75) is 12.6 Å². The Morgan fingerprint density at radius 2 is 2.12 bits per heavy atom. The number of ether oxygens (including phenoxy) is 3. The molecule has 0 aliphatic carbocycles. The SMILES string of the molecule is CN=C(NCc1ccnc(OC)c1)NCC1COc2ccccc2O1. The summed E-state index contributed by atoms with van der Waals surface area (Å²) in [5.41, 5.74) is 1.06. The van der Waals surface area contributed by atoms with Gasteiger partial charge in [0.1, 0.15) is 12.7 Å². The average molecular weight is 342 g/mol. The van der Waals surface area contributed by atoms with E-state index in [-0.39, 0.29) is 6.10 Å². The monoisotopic (exact) mass is 342 g/mol. The highest BCUT2D eigenvalue weighted by Gasteiger charge is 2.20. The molecule has 25 heavy (non-hydrogen) atoms. The highest BCUT2D eigenvalue weighted by Crippen LogP contribution is 2.30. The molecule has 7 nitrogen and oxygen atoms in total. The Labute approximate surface area is 147 Å². The van der Waals surface area contributed by atoms with E-state index in [2.05, 4.69) is 20.6 Å². The molecule has 0 fully saturated rings. The molecule has 1 aliphatic heterocycles. The summed E-state index contributed by atoms with van der Waals surface area (Å²) in [6, 6.07) is 11.5. The highest BCUT2D eigenvalue weighted by atomic mass is 16.6. The molecule has 7 heteroatoms. The van der Waals surface area contributed by atoms with Gasteiger partial charge in [0.2, 0.25) is 5.88 Å². The van der Waals surface area contributed by atoms with Crippen LogP contribution in [-0.4, -0.2) is 44.4 Å². The Kier molecular flexibility index (Phi) is 5.56. The van der Waals surface area contributed by atoms with Crippen LogP contribution in [0.15, 0.2) is 47.6 Å². The third-order valence-electron chi connectivity index (χ3n) is 3.76. The number of nitrogens with one attached hydrogen (secondary N) is 2. The number of para-hydroxylation sites is 2. The highest BCUT2D eigenvalue weighted by molar-refractivity contribution is 5.79. The minimum Gasteiger partial charge on any atom is -0.486 e. The van der Waals surface area contributed by atoms with Gasteiger partial charge in [0.15, 0.2) is 17.5 Å². The van der Waals surface area contributed by atoms with E-state index in [9.17, 15) is 0 Å². The zero-order chi connectivity index (χ0) is 17.5. The van der Waals surface area contributed by atoms with E-state index in [1.54, 1.807) is 20.4 Å². The Morgan fingerprint density at radius 3 is 2.92 bits per heavy atom. The lowest BCUT2D eigenvalue weighted by atomic mass is 10.2. The van der Waals surface area contributed by atoms with Crippen LogP contribution in [0.4, 0.5) is 0 Å². The van der Waals surface area contributed by atoms with Crippen molar-refractivity contribution in [1.82, 2.24) is 15.6 Å². The molecule has 1 unspecified atom stereocenters. The van der Waals surface area contributed by atoms with Gasteiger partial charge in [-0.1, -0.05) is 12.1 Å². The van der Waals surface area contributed by atoms with Crippen molar-refractivity contribution in [2.24, 2.45) is 4.99 Å². The molecule has 0 bridgehead atoms. The fraction of sp³-hybridized carbons (Fsp3) is 0.333. The number of nitrogens with zero attached hydrogens (tertiary/aromatic N) is 2. The Bertz CT molecular complexity index is 736. The third kappa shape index (κ3) is 4.53. The molecule has 2 heterocycles. The summed E-state index contributed by atoms with van der Waals surface area (Å²) in [6.45, 7) is 1.71. The van der Waals surface area contributed by atoms with Gasteiger partial charge in [0, 0.05) is 25.9 Å². The average Bonchev–Trinajstić information content (AvgIpc) is 2.68. The first-order valence-electron chi connectivity index (χ1n) is 8.10. The number of hydrogen-bond acceptors (Lipinski definition) is 5. The molecule has 0 spiro atoms. The van der Waals surface area contributed by atoms with Crippen LogP contribution >= 0.6 is 0 Å². The van der Waals surface area contributed by atoms with Crippen LogP contribution in [0, 0.1) is 0 Å². The summed E-state index contributed by atoms with van der Waals surface area (Å²) in [4.78, 5) is 8.32. The summed E-state index contributed by atoms with van der Waals surface area (Å²) in [6.07, 6.45) is 1.64. The van der Waals surface area contributed by atoms with E-state index in [1.807, 2.05) is 36.4 Å². The molecule has 0 saturated heterocycles. The molecule has 0 radical (unpaired) electrons. The number of aromatic nitrogens is 1. The first kappa shape index (κ1) is 16.9. The predicted octanol–water partition coefficient (Wildman–Crippen LogP) is 1.60. The lowest BCUT2D eigenvalue weighted by Gasteiger charge is -2.27. The second-order valence-electron chi connectivity index (χ2n) is 5.51. The van der Waals surface area contributed by atoms with E-state index >= 15 is 0 Å². The fourth-order valence-electron chi connectivity index (χ4n) is 2.45. The summed E-state index contributed by atoms with van der Waals surface area (Å²) < 4.78 is 16.8. The molecule has 1 aliphatic rings. The van der Waals surface area contributed by atoms with Gasteiger partial charge in [0.25, 0.3) is 0 Å². The number of guanidine groups is 1. The molecular weight excluding hydrogens is 320 g/mol. The van der Waals surface area contributed by atoms with Crippen molar-refractivity contribution in [1.29, 1.82) is 0 Å². The second-order valence-corrected chi connectivity index (χ2v) is 5.51. The molecule has 132 valence electrons. The van der Waals surface area contributed by atoms with Crippen molar-refractivity contribution in [3.05, 3.63) is 48.2 Å². The summed E-state index contributed by atoms with van der Waals surface area (Å²) in [7, 11) is 3.33. The van der Waals surface area contributed by atoms with Gasteiger partial charge in [-0.15, -0.1) is 0 Å². The Balaban J connectivity index is 1.48. The maximum atomic E-state index is 5.92. The van der Waals surface area contributed by atoms with Gasteiger partial charge in [0.05, 0.1) is 13.7 Å². The molecule has 2 aromatic rings. The van der Waals surface area contributed by atoms with Gasteiger partial charge < -0.3 is 24.8 Å². The Hall–Kier alpha value is -2.96. The van der Waals surface area contributed by atoms with E-state index in [0.29, 0.717) is 31.5 Å². The minimum atomic E-state index is -0.0746. The fourth-order valence-corrected chi connectivity index (χ4v) is 2.45. The van der Waals surface area contributed by atoms with Crippen molar-refractivity contribution in [3.63, 3.8) is 0 Å². The molecule has 1 aromatic carbocycles. The summed E-state index contributed by atoms with van der Waals surface area (Å²) in [5, 5.41) is 6.51. The van der Waals surface area contributed by atoms with E-state index in [0.717, 1.165) is 17.1 Å². The van der Waals surface area contributed by atoms with Crippen molar-refractivity contribution < 1.29 is 14.2 Å². The van der Waals surface area contributed by atoms with Gasteiger partial charge in [-0.2, -0.15) is 0 Å². The first-order chi connectivity index (χ1) is 12.3. The lowest BCUT2D eigenvalue weighted by molar-refractivity contribution is 0.0936. The van der Waals surface area contributed by atoms with Crippen LogP contribution in [0.25, 0.3) is 0 Å². The van der Waals surface area contributed by atoms with Crippen molar-refractivity contribution in [2.75, 3.05) is 27.3 Å². The second kappa shape index (κ2) is 8.23. The topological polar surface area (TPSA) is 77.0 Å². The number of methoxy groups -OCH3 is 1. The number of hydrogen-bond donors (Lipinski definition) is 2. The van der Waals surface area contributed by atoms with Crippen LogP contribution < -0.4 is 24.8 Å². The number of aliphatic imine (C=N–C) groups is 1.